The Kier molecular flexibility index (Phi) is 48.8. The number of carbonyl (C=O) groups excluding carboxylic acids is 1. The van der Waals surface area contributed by atoms with Crippen molar-refractivity contribution in [3.63, 3.8) is 0 Å². The minimum absolute atomic E-state index is 0.189. The molecule has 9 nitrogen and oxygen atoms in total. The van der Waals surface area contributed by atoms with Crippen LogP contribution in [0.5, 0.6) is 0 Å². The number of allylic oxidation sites excluding steroid dienone is 7. The van der Waals surface area contributed by atoms with Crippen LogP contribution >= 0.6 is 0 Å². The highest BCUT2D eigenvalue weighted by molar-refractivity contribution is 5.76. The number of hydrogen-bond donors (Lipinski definition) is 6. The van der Waals surface area contributed by atoms with Crippen molar-refractivity contribution >= 4 is 5.91 Å². The fourth-order valence-corrected chi connectivity index (χ4v) is 9.56. The van der Waals surface area contributed by atoms with E-state index >= 15 is 0 Å². The lowest BCUT2D eigenvalue weighted by Crippen LogP contribution is -2.60. The maximum Gasteiger partial charge on any atom is 0.220 e. The number of unbranched alkanes of at least 4 members (excludes halogenated alkanes) is 36. The highest BCUT2D eigenvalue weighted by Crippen LogP contribution is 2.23. The molecule has 7 atom stereocenters. The molecule has 1 aliphatic heterocycles. The van der Waals surface area contributed by atoms with Gasteiger partial charge in [-0.25, -0.2) is 0 Å². The van der Waals surface area contributed by atoms with Crippen LogP contribution in [0.25, 0.3) is 0 Å². The monoisotopic (exact) mass is 1000 g/mol. The molecule has 7 unspecified atom stereocenters. The van der Waals surface area contributed by atoms with Gasteiger partial charge >= 0.3 is 0 Å². The number of nitrogens with one attached hydrogen (secondary N) is 1. The number of aliphatic hydroxyl groups is 5. The van der Waals surface area contributed by atoms with Gasteiger partial charge in [0.25, 0.3) is 0 Å². The molecule has 1 fully saturated rings. The maximum atomic E-state index is 13.1. The number of carbonyl (C=O) groups is 1. The van der Waals surface area contributed by atoms with Gasteiger partial charge in [-0.15, -0.1) is 0 Å². The first-order valence-electron chi connectivity index (χ1n) is 30.4. The zero-order valence-corrected chi connectivity index (χ0v) is 46.2. The molecule has 1 rings (SSSR count). The van der Waals surface area contributed by atoms with Gasteiger partial charge in [-0.05, 0) is 64.2 Å². The van der Waals surface area contributed by atoms with Gasteiger partial charge in [0.2, 0.25) is 5.91 Å². The van der Waals surface area contributed by atoms with E-state index < -0.39 is 49.5 Å². The molecule has 9 heteroatoms. The molecule has 0 bridgehead atoms. The molecular weight excluding hydrogens is 887 g/mol. The van der Waals surface area contributed by atoms with Crippen molar-refractivity contribution < 1.29 is 39.8 Å². The van der Waals surface area contributed by atoms with Gasteiger partial charge in [-0.1, -0.05) is 262 Å². The first-order valence-corrected chi connectivity index (χ1v) is 30.4. The second-order valence-electron chi connectivity index (χ2n) is 21.1. The third-order valence-electron chi connectivity index (χ3n) is 14.4. The Morgan fingerprint density at radius 1 is 0.479 bits per heavy atom. The average Bonchev–Trinajstić information content (AvgIpc) is 3.37. The van der Waals surface area contributed by atoms with Crippen molar-refractivity contribution in [3.8, 4) is 0 Å². The lowest BCUT2D eigenvalue weighted by molar-refractivity contribution is -0.302. The van der Waals surface area contributed by atoms with Gasteiger partial charge < -0.3 is 40.3 Å². The first kappa shape index (κ1) is 67.2. The van der Waals surface area contributed by atoms with Gasteiger partial charge in [0.15, 0.2) is 6.29 Å². The third-order valence-corrected chi connectivity index (χ3v) is 14.4. The summed E-state index contributed by atoms with van der Waals surface area (Å²) in [7, 11) is 0. The van der Waals surface area contributed by atoms with Crippen molar-refractivity contribution in [2.75, 3.05) is 13.2 Å². The van der Waals surface area contributed by atoms with E-state index in [4.69, 9.17) is 9.47 Å². The minimum atomic E-state index is -1.57. The average molecular weight is 1000 g/mol. The number of ether oxygens (including phenoxy) is 2. The van der Waals surface area contributed by atoms with Crippen molar-refractivity contribution in [1.29, 1.82) is 0 Å². The van der Waals surface area contributed by atoms with Gasteiger partial charge in [0, 0.05) is 6.42 Å². The van der Waals surface area contributed by atoms with E-state index in [2.05, 4.69) is 55.6 Å². The number of rotatable bonds is 52. The largest absolute Gasteiger partial charge is 0.394 e. The van der Waals surface area contributed by atoms with Crippen LogP contribution < -0.4 is 5.32 Å². The van der Waals surface area contributed by atoms with Crippen LogP contribution in [0.15, 0.2) is 48.6 Å². The van der Waals surface area contributed by atoms with Crippen LogP contribution in [0, 0.1) is 0 Å². The van der Waals surface area contributed by atoms with E-state index in [1.54, 1.807) is 6.08 Å². The van der Waals surface area contributed by atoms with Crippen molar-refractivity contribution in [2.45, 2.75) is 326 Å². The predicted molar refractivity (Wildman–Crippen MR) is 299 cm³/mol. The van der Waals surface area contributed by atoms with Crippen LogP contribution in [-0.2, 0) is 14.3 Å². The van der Waals surface area contributed by atoms with Gasteiger partial charge in [0.05, 0.1) is 25.4 Å². The summed E-state index contributed by atoms with van der Waals surface area (Å²) in [6.07, 6.45) is 61.8. The third kappa shape index (κ3) is 41.1. The number of amides is 1. The Hall–Kier alpha value is -1.85. The zero-order chi connectivity index (χ0) is 51.5. The first-order chi connectivity index (χ1) is 34.8. The topological polar surface area (TPSA) is 149 Å². The molecular formula is C62H115NO8. The fraction of sp³-hybridized carbons (Fsp3) is 0.855. The van der Waals surface area contributed by atoms with E-state index in [0.29, 0.717) is 6.42 Å². The summed E-state index contributed by atoms with van der Waals surface area (Å²) in [6, 6.07) is -0.826. The second-order valence-corrected chi connectivity index (χ2v) is 21.1. The highest BCUT2D eigenvalue weighted by Gasteiger charge is 2.44. The second kappa shape index (κ2) is 51.6. The van der Waals surface area contributed by atoms with Gasteiger partial charge in [-0.2, -0.15) is 0 Å². The van der Waals surface area contributed by atoms with Crippen molar-refractivity contribution in [1.82, 2.24) is 5.32 Å². The van der Waals surface area contributed by atoms with E-state index in [-0.39, 0.29) is 12.5 Å². The Bertz CT molecular complexity index is 1250. The smallest absolute Gasteiger partial charge is 0.220 e. The molecule has 0 aliphatic carbocycles. The summed E-state index contributed by atoms with van der Waals surface area (Å²) in [4.78, 5) is 13.1. The molecule has 0 aromatic rings. The van der Waals surface area contributed by atoms with Crippen molar-refractivity contribution in [3.05, 3.63) is 48.6 Å². The Morgan fingerprint density at radius 3 is 1.27 bits per heavy atom. The zero-order valence-electron chi connectivity index (χ0n) is 46.2. The predicted octanol–water partition coefficient (Wildman–Crippen LogP) is 15.3. The van der Waals surface area contributed by atoms with Gasteiger partial charge in [0.1, 0.15) is 24.4 Å². The van der Waals surface area contributed by atoms with Crippen LogP contribution in [-0.4, -0.2) is 87.5 Å². The minimum Gasteiger partial charge on any atom is -0.394 e. The number of aliphatic hydroxyl groups excluding tert-OH is 5. The van der Waals surface area contributed by atoms with Crippen LogP contribution in [0.4, 0.5) is 0 Å². The molecule has 1 saturated heterocycles. The van der Waals surface area contributed by atoms with Crippen LogP contribution in [0.3, 0.4) is 0 Å². The molecule has 416 valence electrons. The highest BCUT2D eigenvalue weighted by atomic mass is 16.7. The molecule has 71 heavy (non-hydrogen) atoms. The summed E-state index contributed by atoms with van der Waals surface area (Å²) in [5.74, 6) is -0.189. The Balaban J connectivity index is 2.24. The quantitative estimate of drug-likeness (QED) is 0.0261. The van der Waals surface area contributed by atoms with Crippen LogP contribution in [0.1, 0.15) is 284 Å². The summed E-state index contributed by atoms with van der Waals surface area (Å²) >= 11 is 0. The molecule has 1 heterocycles. The number of hydrogen-bond acceptors (Lipinski definition) is 8. The normalized spacial score (nSPS) is 19.6. The summed E-state index contributed by atoms with van der Waals surface area (Å²) in [5.41, 5.74) is 0. The summed E-state index contributed by atoms with van der Waals surface area (Å²) in [5, 5.41) is 54.5. The molecule has 0 radical (unpaired) electrons. The maximum absolute atomic E-state index is 13.1. The summed E-state index contributed by atoms with van der Waals surface area (Å²) < 4.78 is 11.3. The molecule has 1 amide bonds. The Morgan fingerprint density at radius 2 is 0.845 bits per heavy atom. The standard InChI is InChI=1S/C62H115NO8/c1-3-5-7-9-11-13-15-17-19-21-23-25-27-28-30-32-34-36-38-40-42-44-46-48-50-52-58(66)63-55(54-70-62-61(69)60(68)59(67)57(53-64)71-62)56(65)51-49-47-45-43-41-39-37-35-33-31-29-26-24-22-20-18-16-14-12-10-8-6-4-2/h23,25,28,30,41,43,49,51,55-57,59-62,64-65,67-69H,3-22,24,26-27,29,31-40,42,44-48,50,52-54H2,1-2H3,(H,63,66)/b25-23-,30-28-,43-41+,51-49+. The summed E-state index contributed by atoms with van der Waals surface area (Å²) in [6.45, 7) is 3.79. The van der Waals surface area contributed by atoms with E-state index in [1.807, 2.05) is 6.08 Å². The molecule has 1 aliphatic rings. The lowest BCUT2D eigenvalue weighted by Gasteiger charge is -2.40. The van der Waals surface area contributed by atoms with Crippen LogP contribution in [0.2, 0.25) is 0 Å². The van der Waals surface area contributed by atoms with E-state index in [0.717, 1.165) is 44.9 Å². The van der Waals surface area contributed by atoms with Gasteiger partial charge in [-0.3, -0.25) is 4.79 Å². The molecule has 6 N–H and O–H groups in total. The molecule has 0 aromatic carbocycles. The Labute approximate surface area is 437 Å². The lowest BCUT2D eigenvalue weighted by atomic mass is 9.99. The molecule has 0 spiro atoms. The SMILES string of the molecule is CCCCCCCCCCC/C=C\C/C=C\CCCCCCCCCCCC(=O)NC(COC1OC(CO)C(O)C(O)C1O)C(O)/C=C/CC/C=C/CCCCCCCCCCCCCCCCCCC. The molecule has 0 saturated carbocycles. The van der Waals surface area contributed by atoms with Crippen molar-refractivity contribution in [2.24, 2.45) is 0 Å². The fourth-order valence-electron chi connectivity index (χ4n) is 9.56. The van der Waals surface area contributed by atoms with E-state index in [9.17, 15) is 30.3 Å². The van der Waals surface area contributed by atoms with E-state index in [1.165, 1.54) is 218 Å². The molecule has 0 aromatic heterocycles.